The van der Waals surface area contributed by atoms with Gasteiger partial charge in [0.25, 0.3) is 0 Å². The van der Waals surface area contributed by atoms with Gasteiger partial charge in [-0.05, 0) is 24.1 Å². The number of aliphatic imine (C=N–C) groups is 1. The smallest absolute Gasteiger partial charge is 0.106 e. The molecule has 0 aliphatic carbocycles. The molecule has 0 aliphatic rings. The molecule has 0 aliphatic heterocycles. The molecule has 0 saturated heterocycles. The predicted octanol–water partition coefficient (Wildman–Crippen LogP) is 6.38. The number of pyridine rings is 1. The van der Waals surface area contributed by atoms with Gasteiger partial charge in [-0.1, -0.05) is 79.7 Å². The van der Waals surface area contributed by atoms with E-state index in [0.29, 0.717) is 0 Å². The third-order valence-corrected chi connectivity index (χ3v) is 4.83. The van der Waals surface area contributed by atoms with Crippen LogP contribution in [0.15, 0.2) is 77.9 Å². The summed E-state index contributed by atoms with van der Waals surface area (Å²) in [5.41, 5.74) is 6.23. The van der Waals surface area contributed by atoms with E-state index in [-0.39, 0.29) is 5.92 Å². The van der Waals surface area contributed by atoms with Crippen molar-refractivity contribution in [2.45, 2.75) is 19.8 Å². The van der Waals surface area contributed by atoms with Crippen LogP contribution in [0.5, 0.6) is 0 Å². The van der Waals surface area contributed by atoms with Crippen LogP contribution in [0.25, 0.3) is 22.0 Å². The monoisotopic (exact) mass is 348 g/mol. The Morgan fingerprint density at radius 2 is 1.63 bits per heavy atom. The molecule has 2 nitrogen and oxygen atoms in total. The molecular weight excluding hydrogens is 328 g/mol. The highest BCUT2D eigenvalue weighted by atomic mass is 14.8. The second-order valence-corrected chi connectivity index (χ2v) is 6.48. The zero-order chi connectivity index (χ0) is 18.6. The van der Waals surface area contributed by atoms with Crippen molar-refractivity contribution in [3.63, 3.8) is 0 Å². The number of fused-ring (bicyclic) bond motifs is 1. The van der Waals surface area contributed by atoms with Crippen molar-refractivity contribution in [1.82, 2.24) is 4.98 Å². The van der Waals surface area contributed by atoms with Crippen LogP contribution in [0, 0.1) is 12.1 Å². The molecule has 0 N–H and O–H groups in total. The second-order valence-electron chi connectivity index (χ2n) is 6.48. The Morgan fingerprint density at radius 1 is 0.926 bits per heavy atom. The summed E-state index contributed by atoms with van der Waals surface area (Å²) in [5, 5.41) is 0.952. The van der Waals surface area contributed by atoms with Gasteiger partial charge in [0.2, 0.25) is 0 Å². The van der Waals surface area contributed by atoms with Gasteiger partial charge in [0.05, 0.1) is 5.39 Å². The Balaban J connectivity index is 1.94. The molecule has 1 unspecified atom stereocenters. The van der Waals surface area contributed by atoms with Gasteiger partial charge in [-0.25, -0.2) is 0 Å². The van der Waals surface area contributed by atoms with E-state index < -0.39 is 0 Å². The number of aromatic nitrogens is 1. The number of hydrogen-bond donors (Lipinski definition) is 0. The largest absolute Gasteiger partial charge is 0.258 e. The third kappa shape index (κ3) is 3.20. The standard InChI is InChI=1S/C25H20N2/c1-3-26-24-21(18(2)19-10-6-4-7-11-19)14-15-23-22(16-17-27-25(23)24)20-12-8-5-9-13-20/h3-13,16-18H,1-2H3/b26-3-. The van der Waals surface area contributed by atoms with Gasteiger partial charge in [-0.3, -0.25) is 9.98 Å². The van der Waals surface area contributed by atoms with E-state index in [0.717, 1.165) is 33.3 Å². The molecule has 0 fully saturated rings. The van der Waals surface area contributed by atoms with E-state index in [1.54, 1.807) is 0 Å². The van der Waals surface area contributed by atoms with Crippen molar-refractivity contribution in [2.75, 3.05) is 0 Å². The Morgan fingerprint density at radius 3 is 2.33 bits per heavy atom. The second kappa shape index (κ2) is 7.43. The molecule has 130 valence electrons. The molecule has 0 spiro atoms. The fraction of sp³-hybridized carbons (Fsp3) is 0.120. The lowest BCUT2D eigenvalue weighted by atomic mass is 9.91. The normalized spacial score (nSPS) is 12.2. The Bertz CT molecular complexity index is 1080. The van der Waals surface area contributed by atoms with Crippen LogP contribution in [0.2, 0.25) is 0 Å². The van der Waals surface area contributed by atoms with Crippen molar-refractivity contribution < 1.29 is 0 Å². The van der Waals surface area contributed by atoms with Crippen LogP contribution >= 0.6 is 0 Å². The van der Waals surface area contributed by atoms with Crippen LogP contribution in [0.3, 0.4) is 0 Å². The highest BCUT2D eigenvalue weighted by Crippen LogP contribution is 2.37. The molecule has 27 heavy (non-hydrogen) atoms. The van der Waals surface area contributed by atoms with Crippen LogP contribution < -0.4 is 0 Å². The molecule has 0 saturated carbocycles. The molecule has 4 rings (SSSR count). The van der Waals surface area contributed by atoms with Crippen LogP contribution in [-0.2, 0) is 0 Å². The molecule has 0 radical (unpaired) electrons. The Hall–Kier alpha value is -3.44. The van der Waals surface area contributed by atoms with Gasteiger partial charge in [-0.2, -0.15) is 0 Å². The van der Waals surface area contributed by atoms with Crippen LogP contribution in [-0.4, -0.2) is 11.2 Å². The van der Waals surface area contributed by atoms with Gasteiger partial charge in [0, 0.05) is 29.5 Å². The molecule has 2 heteroatoms. The van der Waals surface area contributed by atoms with E-state index in [1.807, 2.05) is 49.7 Å². The minimum absolute atomic E-state index is 0.160. The molecule has 0 amide bonds. The number of nitrogens with zero attached hydrogens (tertiary/aromatic N) is 2. The van der Waals surface area contributed by atoms with Crippen molar-refractivity contribution in [3.8, 4) is 11.1 Å². The average Bonchev–Trinajstić information content (AvgIpc) is 2.74. The summed E-state index contributed by atoms with van der Waals surface area (Å²) in [5.74, 6) is 0.160. The number of benzene rings is 2. The lowest BCUT2D eigenvalue weighted by Crippen LogP contribution is -1.97. The maximum Gasteiger partial charge on any atom is 0.106 e. The predicted molar refractivity (Wildman–Crippen MR) is 113 cm³/mol. The van der Waals surface area contributed by atoms with Gasteiger partial charge >= 0.3 is 0 Å². The summed E-state index contributed by atoms with van der Waals surface area (Å²) in [7, 11) is 0. The summed E-state index contributed by atoms with van der Waals surface area (Å²) in [6.07, 6.45) is 3.67. The van der Waals surface area contributed by atoms with Gasteiger partial charge in [0.15, 0.2) is 0 Å². The fourth-order valence-corrected chi connectivity index (χ4v) is 3.42. The maximum atomic E-state index is 4.68. The molecule has 0 bridgehead atoms. The molecule has 3 aromatic carbocycles. The highest BCUT2D eigenvalue weighted by Gasteiger charge is 2.17. The van der Waals surface area contributed by atoms with Crippen molar-refractivity contribution in [3.05, 3.63) is 96.2 Å². The van der Waals surface area contributed by atoms with Gasteiger partial charge in [0.1, 0.15) is 11.2 Å². The van der Waals surface area contributed by atoms with Crippen molar-refractivity contribution in [1.29, 1.82) is 0 Å². The van der Waals surface area contributed by atoms with Crippen LogP contribution in [0.4, 0.5) is 5.69 Å². The first-order valence-electron chi connectivity index (χ1n) is 9.14. The highest BCUT2D eigenvalue weighted by molar-refractivity contribution is 6.00. The van der Waals surface area contributed by atoms with E-state index in [9.17, 15) is 0 Å². The fourth-order valence-electron chi connectivity index (χ4n) is 3.42. The number of rotatable bonds is 4. The number of hydrogen-bond acceptors (Lipinski definition) is 2. The Kier molecular flexibility index (Phi) is 4.68. The third-order valence-electron chi connectivity index (χ3n) is 4.83. The van der Waals surface area contributed by atoms with Gasteiger partial charge in [-0.15, -0.1) is 0 Å². The molecule has 4 aromatic rings. The molecule has 1 aromatic heterocycles. The lowest BCUT2D eigenvalue weighted by Gasteiger charge is -2.14. The summed E-state index contributed by atoms with van der Waals surface area (Å²) in [6, 6.07) is 29.5. The minimum Gasteiger partial charge on any atom is -0.258 e. The minimum atomic E-state index is 0.160. The topological polar surface area (TPSA) is 25.2 Å². The zero-order valence-corrected chi connectivity index (χ0v) is 15.5. The summed E-state index contributed by atoms with van der Waals surface area (Å²) in [4.78, 5) is 9.34. The van der Waals surface area contributed by atoms with E-state index in [1.165, 1.54) is 5.56 Å². The summed E-state index contributed by atoms with van der Waals surface area (Å²) >= 11 is 0. The summed E-state index contributed by atoms with van der Waals surface area (Å²) in [6.45, 7) is 4.11. The van der Waals surface area contributed by atoms with Crippen molar-refractivity contribution in [2.24, 2.45) is 4.99 Å². The van der Waals surface area contributed by atoms with E-state index in [4.69, 9.17) is 0 Å². The molecular formula is C25H20N2. The first kappa shape index (κ1) is 17.0. The van der Waals surface area contributed by atoms with Crippen molar-refractivity contribution >= 4 is 22.8 Å². The zero-order valence-electron chi connectivity index (χ0n) is 15.5. The maximum absolute atomic E-state index is 4.68. The molecule has 1 atom stereocenters. The van der Waals surface area contributed by atoms with Crippen LogP contribution in [0.1, 0.15) is 30.9 Å². The van der Waals surface area contributed by atoms with Gasteiger partial charge < -0.3 is 0 Å². The lowest BCUT2D eigenvalue weighted by molar-refractivity contribution is 0.925. The van der Waals surface area contributed by atoms with E-state index in [2.05, 4.69) is 65.4 Å². The quantitative estimate of drug-likeness (QED) is 0.393. The SMILES string of the molecule is C/C=N\c1c(C(C)c2ccccc2)c#cc2c(-c3ccccc3)ccnc12. The first-order chi connectivity index (χ1) is 13.3. The Labute approximate surface area is 160 Å². The average molecular weight is 348 g/mol. The molecule has 1 heterocycles. The summed E-state index contributed by atoms with van der Waals surface area (Å²) < 4.78 is 0. The first-order valence-corrected chi connectivity index (χ1v) is 9.14. The van der Waals surface area contributed by atoms with E-state index >= 15 is 0 Å².